The smallest absolute Gasteiger partial charge is 0.407 e. The lowest BCUT2D eigenvalue weighted by molar-refractivity contribution is 0.147. The Kier molecular flexibility index (Phi) is 2.49. The van der Waals surface area contributed by atoms with Crippen molar-refractivity contribution in [2.24, 2.45) is 0 Å². The van der Waals surface area contributed by atoms with Crippen molar-refractivity contribution in [2.45, 2.75) is 12.8 Å². The summed E-state index contributed by atoms with van der Waals surface area (Å²) in [5.74, 6) is 0.278. The van der Waals surface area contributed by atoms with E-state index in [0.29, 0.717) is 25.9 Å². The lowest BCUT2D eigenvalue weighted by Gasteiger charge is -2.15. The van der Waals surface area contributed by atoms with Gasteiger partial charge in [-0.1, -0.05) is 12.1 Å². The second kappa shape index (κ2) is 3.81. The molecule has 0 unspecified atom stereocenters. The monoisotopic (exact) mass is 207 g/mol. The molecule has 0 fully saturated rings. The second-order valence-corrected chi connectivity index (χ2v) is 3.68. The van der Waals surface area contributed by atoms with Gasteiger partial charge < -0.3 is 15.1 Å². The number of phenols is 1. The third-order valence-electron chi connectivity index (χ3n) is 2.80. The number of carboxylic acid groups (broad SMARTS) is 1. The maximum Gasteiger partial charge on any atom is 0.407 e. The minimum absolute atomic E-state index is 0.278. The molecule has 1 amide bonds. The molecule has 1 aromatic rings. The Bertz CT molecular complexity index is 389. The van der Waals surface area contributed by atoms with Crippen LogP contribution < -0.4 is 0 Å². The highest BCUT2D eigenvalue weighted by Gasteiger charge is 2.18. The summed E-state index contributed by atoms with van der Waals surface area (Å²) in [5, 5.41) is 18.5. The topological polar surface area (TPSA) is 60.8 Å². The molecular formula is C11H13NO3. The maximum atomic E-state index is 10.8. The Hall–Kier alpha value is -1.71. The van der Waals surface area contributed by atoms with Gasteiger partial charge in [0.05, 0.1) is 0 Å². The summed E-state index contributed by atoms with van der Waals surface area (Å²) in [6.07, 6.45) is 0.381. The van der Waals surface area contributed by atoms with Crippen LogP contribution in [0, 0.1) is 0 Å². The van der Waals surface area contributed by atoms with Crippen molar-refractivity contribution < 1.29 is 15.0 Å². The van der Waals surface area contributed by atoms with Crippen LogP contribution >= 0.6 is 0 Å². The number of hydrogen-bond donors (Lipinski definition) is 2. The first kappa shape index (κ1) is 9.83. The van der Waals surface area contributed by atoms with Gasteiger partial charge in [0.25, 0.3) is 0 Å². The molecule has 4 nitrogen and oxygen atoms in total. The predicted octanol–water partition coefficient (Wildman–Crippen LogP) is 1.47. The van der Waals surface area contributed by atoms with Crippen LogP contribution in [0.15, 0.2) is 18.2 Å². The zero-order valence-corrected chi connectivity index (χ0v) is 8.31. The highest BCUT2D eigenvalue weighted by Crippen LogP contribution is 2.24. The zero-order valence-electron chi connectivity index (χ0n) is 8.31. The minimum Gasteiger partial charge on any atom is -0.508 e. The van der Waals surface area contributed by atoms with E-state index in [1.807, 2.05) is 6.07 Å². The molecule has 4 heteroatoms. The molecule has 80 valence electrons. The second-order valence-electron chi connectivity index (χ2n) is 3.68. The van der Waals surface area contributed by atoms with Gasteiger partial charge >= 0.3 is 6.09 Å². The van der Waals surface area contributed by atoms with Crippen LogP contribution in [0.3, 0.4) is 0 Å². The normalized spacial score (nSPS) is 15.6. The lowest BCUT2D eigenvalue weighted by Crippen LogP contribution is -2.31. The Morgan fingerprint density at radius 2 is 2.00 bits per heavy atom. The first-order valence-electron chi connectivity index (χ1n) is 4.96. The van der Waals surface area contributed by atoms with Gasteiger partial charge in [-0.15, -0.1) is 0 Å². The van der Waals surface area contributed by atoms with Crippen molar-refractivity contribution in [1.29, 1.82) is 0 Å². The molecule has 15 heavy (non-hydrogen) atoms. The van der Waals surface area contributed by atoms with Gasteiger partial charge in [-0.2, -0.15) is 0 Å². The standard InChI is InChI=1S/C11H13NO3/c13-10-3-1-2-8-4-6-12(11(14)15)7-5-9(8)10/h1-3,13H,4-7H2,(H,14,15). The summed E-state index contributed by atoms with van der Waals surface area (Å²) in [7, 11) is 0. The fourth-order valence-electron chi connectivity index (χ4n) is 1.95. The number of rotatable bonds is 0. The molecule has 1 aliphatic heterocycles. The number of aromatic hydroxyl groups is 1. The molecule has 0 spiro atoms. The summed E-state index contributed by atoms with van der Waals surface area (Å²) in [4.78, 5) is 12.2. The van der Waals surface area contributed by atoms with Crippen LogP contribution in [0.1, 0.15) is 11.1 Å². The fraction of sp³-hybridized carbons (Fsp3) is 0.364. The molecule has 0 atom stereocenters. The zero-order chi connectivity index (χ0) is 10.8. The molecular weight excluding hydrogens is 194 g/mol. The Morgan fingerprint density at radius 1 is 1.27 bits per heavy atom. The lowest BCUT2D eigenvalue weighted by atomic mass is 10.0. The number of phenolic OH excluding ortho intramolecular Hbond substituents is 1. The summed E-state index contributed by atoms with van der Waals surface area (Å²) in [6, 6.07) is 5.39. The average molecular weight is 207 g/mol. The van der Waals surface area contributed by atoms with E-state index in [0.717, 1.165) is 11.1 Å². The van der Waals surface area contributed by atoms with Crippen LogP contribution in [0.25, 0.3) is 0 Å². The van der Waals surface area contributed by atoms with E-state index in [4.69, 9.17) is 5.11 Å². The third kappa shape index (κ3) is 1.88. The highest BCUT2D eigenvalue weighted by molar-refractivity contribution is 5.65. The molecule has 1 aliphatic rings. The number of fused-ring (bicyclic) bond motifs is 1. The van der Waals surface area contributed by atoms with Crippen LogP contribution in [0.2, 0.25) is 0 Å². The van der Waals surface area contributed by atoms with Crippen LogP contribution in [-0.4, -0.2) is 34.3 Å². The van der Waals surface area contributed by atoms with Gasteiger partial charge in [0, 0.05) is 13.1 Å². The maximum absolute atomic E-state index is 10.8. The first-order chi connectivity index (χ1) is 7.18. The van der Waals surface area contributed by atoms with Gasteiger partial charge in [-0.3, -0.25) is 0 Å². The van der Waals surface area contributed by atoms with Crippen molar-refractivity contribution in [2.75, 3.05) is 13.1 Å². The average Bonchev–Trinajstić information content (AvgIpc) is 2.41. The predicted molar refractivity (Wildman–Crippen MR) is 55.1 cm³/mol. The van der Waals surface area contributed by atoms with Crippen molar-refractivity contribution in [3.63, 3.8) is 0 Å². The van der Waals surface area contributed by atoms with Crippen LogP contribution in [-0.2, 0) is 12.8 Å². The van der Waals surface area contributed by atoms with E-state index in [1.54, 1.807) is 12.1 Å². The van der Waals surface area contributed by atoms with Gasteiger partial charge in [0.2, 0.25) is 0 Å². The van der Waals surface area contributed by atoms with Gasteiger partial charge in [-0.05, 0) is 30.0 Å². The Balaban J connectivity index is 2.25. The Morgan fingerprint density at radius 3 is 2.73 bits per heavy atom. The van der Waals surface area contributed by atoms with Crippen LogP contribution in [0.5, 0.6) is 5.75 Å². The Labute approximate surface area is 87.8 Å². The van der Waals surface area contributed by atoms with Gasteiger partial charge in [-0.25, -0.2) is 4.79 Å². The summed E-state index contributed by atoms with van der Waals surface area (Å²) >= 11 is 0. The third-order valence-corrected chi connectivity index (χ3v) is 2.80. The molecule has 0 radical (unpaired) electrons. The number of nitrogens with zero attached hydrogens (tertiary/aromatic N) is 1. The molecule has 0 saturated carbocycles. The number of hydrogen-bond acceptors (Lipinski definition) is 2. The van der Waals surface area contributed by atoms with Crippen molar-refractivity contribution in [3.8, 4) is 5.75 Å². The molecule has 0 aliphatic carbocycles. The molecule has 0 aromatic heterocycles. The first-order valence-corrected chi connectivity index (χ1v) is 4.96. The van der Waals surface area contributed by atoms with Crippen molar-refractivity contribution >= 4 is 6.09 Å². The highest BCUT2D eigenvalue weighted by atomic mass is 16.4. The molecule has 2 N–H and O–H groups in total. The van der Waals surface area contributed by atoms with Crippen molar-refractivity contribution in [1.82, 2.24) is 4.90 Å². The number of amides is 1. The fourth-order valence-corrected chi connectivity index (χ4v) is 1.95. The summed E-state index contributed by atoms with van der Waals surface area (Å²) in [5.41, 5.74) is 1.94. The van der Waals surface area contributed by atoms with E-state index in [1.165, 1.54) is 4.90 Å². The van der Waals surface area contributed by atoms with E-state index < -0.39 is 6.09 Å². The van der Waals surface area contributed by atoms with E-state index in [-0.39, 0.29) is 5.75 Å². The molecule has 1 heterocycles. The number of benzene rings is 1. The SMILES string of the molecule is O=C(O)N1CCc2cccc(O)c2CC1. The van der Waals surface area contributed by atoms with Crippen molar-refractivity contribution in [3.05, 3.63) is 29.3 Å². The van der Waals surface area contributed by atoms with E-state index >= 15 is 0 Å². The van der Waals surface area contributed by atoms with E-state index in [9.17, 15) is 9.90 Å². The molecule has 0 saturated heterocycles. The number of carbonyl (C=O) groups is 1. The minimum atomic E-state index is -0.887. The summed E-state index contributed by atoms with van der Waals surface area (Å²) < 4.78 is 0. The van der Waals surface area contributed by atoms with E-state index in [2.05, 4.69) is 0 Å². The quantitative estimate of drug-likeness (QED) is 0.677. The molecule has 2 rings (SSSR count). The van der Waals surface area contributed by atoms with Gasteiger partial charge in [0.1, 0.15) is 5.75 Å². The largest absolute Gasteiger partial charge is 0.508 e. The van der Waals surface area contributed by atoms with Gasteiger partial charge in [0.15, 0.2) is 0 Å². The molecule has 1 aromatic carbocycles. The van der Waals surface area contributed by atoms with Crippen LogP contribution in [0.4, 0.5) is 4.79 Å². The summed E-state index contributed by atoms with van der Waals surface area (Å²) in [6.45, 7) is 0.964. The molecule has 0 bridgehead atoms.